The van der Waals surface area contributed by atoms with Crippen LogP contribution in [0.5, 0.6) is 0 Å². The van der Waals surface area contributed by atoms with E-state index in [9.17, 15) is 0 Å². The van der Waals surface area contributed by atoms with Gasteiger partial charge in [-0.25, -0.2) is 0 Å². The average Bonchev–Trinajstić information content (AvgIpc) is 3.83. The second-order valence-electron chi connectivity index (χ2n) is 15.9. The van der Waals surface area contributed by atoms with E-state index in [1.807, 2.05) is 30.3 Å². The maximum absolute atomic E-state index is 16.5. The summed E-state index contributed by atoms with van der Waals surface area (Å²) in [6.07, 6.45) is 0. The van der Waals surface area contributed by atoms with E-state index in [-0.39, 0.29) is 0 Å². The minimum absolute atomic E-state index is 0.756. The van der Waals surface area contributed by atoms with Crippen molar-refractivity contribution in [2.24, 2.45) is 0 Å². The molecule has 0 bridgehead atoms. The van der Waals surface area contributed by atoms with Crippen molar-refractivity contribution in [3.8, 4) is 22.5 Å². The molecule has 0 fully saturated rings. The monoisotopic (exact) mass is 770 g/mol. The van der Waals surface area contributed by atoms with Gasteiger partial charge in [0.15, 0.2) is 7.14 Å². The Balaban J connectivity index is 1.12. The van der Waals surface area contributed by atoms with Crippen LogP contribution in [0.4, 0.5) is 0 Å². The van der Waals surface area contributed by atoms with E-state index in [1.165, 1.54) is 54.7 Å². The molecule has 0 N–H and O–H groups in total. The minimum atomic E-state index is -3.35. The summed E-state index contributed by atoms with van der Waals surface area (Å²) in [7, 11) is -3.35. The average molecular weight is 771 g/mol. The van der Waals surface area contributed by atoms with E-state index in [2.05, 4.69) is 191 Å². The molecule has 11 aromatic rings. The van der Waals surface area contributed by atoms with Crippen LogP contribution >= 0.6 is 7.14 Å². The molecule has 2 aliphatic rings. The summed E-state index contributed by atoms with van der Waals surface area (Å²) in [6, 6.07) is 76.2. The van der Waals surface area contributed by atoms with Gasteiger partial charge in [0, 0.05) is 43.1 Å². The number of nitrogens with zero attached hydrogens (tertiary/aromatic N) is 2. The van der Waals surface area contributed by atoms with Gasteiger partial charge in [-0.1, -0.05) is 164 Å². The van der Waals surface area contributed by atoms with E-state index in [4.69, 9.17) is 0 Å². The minimum Gasteiger partial charge on any atom is -0.309 e. The fraction of sp³-hybridized carbons (Fsp3) is 0.0182. The third-order valence-corrected chi connectivity index (χ3v) is 16.4. The molecular formula is C55H35N2OP. The van der Waals surface area contributed by atoms with Crippen molar-refractivity contribution >= 4 is 66.7 Å². The molecule has 0 amide bonds. The SMILES string of the molecule is O=P1(c2ccccc2)c2ccccc2C2(c3ccccc3-n3c4ccccc4c4cccc2c43)c2cc(-c3ccc(-n4c5ccccc5c5ccccc54)cc3)ccc21. The molecule has 276 valence electrons. The van der Waals surface area contributed by atoms with Gasteiger partial charge >= 0.3 is 0 Å². The van der Waals surface area contributed by atoms with Gasteiger partial charge in [-0.15, -0.1) is 0 Å². The second-order valence-corrected chi connectivity index (χ2v) is 18.6. The lowest BCUT2D eigenvalue weighted by atomic mass is 9.62. The lowest BCUT2D eigenvalue weighted by Crippen LogP contribution is -2.48. The molecule has 13 rings (SSSR count). The molecule has 4 heterocycles. The van der Waals surface area contributed by atoms with Crippen LogP contribution in [0.1, 0.15) is 22.3 Å². The summed E-state index contributed by atoms with van der Waals surface area (Å²) in [5.41, 5.74) is 13.0. The van der Waals surface area contributed by atoms with E-state index >= 15 is 4.57 Å². The highest BCUT2D eigenvalue weighted by atomic mass is 31.2. The standard InChI is InChI=1S/C55H35N2OP/c58-59(39-15-2-1-3-16-39)52-28-13-8-22-45(52)55(44-21-7-12-27-51(44)57-50-26-11-6-19-42(50)43-20-14-23-46(55)54(43)57)47-35-37(31-34-53(47)59)36-29-32-38(33-30-36)56-48-24-9-4-17-40(48)41-18-5-10-25-49(41)56/h1-35H. The Bertz CT molecular complexity index is 3540. The zero-order valence-electron chi connectivity index (χ0n) is 32.0. The highest BCUT2D eigenvalue weighted by Crippen LogP contribution is 2.61. The summed E-state index contributed by atoms with van der Waals surface area (Å²) >= 11 is 0. The topological polar surface area (TPSA) is 26.9 Å². The lowest BCUT2D eigenvalue weighted by molar-refractivity contribution is 0.590. The number of benzene rings is 9. The molecule has 1 spiro atoms. The molecule has 0 aliphatic carbocycles. The largest absolute Gasteiger partial charge is 0.309 e. The number of rotatable bonds is 3. The summed E-state index contributed by atoms with van der Waals surface area (Å²) in [4.78, 5) is 0. The summed E-state index contributed by atoms with van der Waals surface area (Å²) < 4.78 is 21.3. The van der Waals surface area contributed by atoms with Crippen LogP contribution in [-0.4, -0.2) is 9.13 Å². The Morgan fingerprint density at radius 2 is 0.898 bits per heavy atom. The van der Waals surface area contributed by atoms with Crippen LogP contribution in [0.15, 0.2) is 212 Å². The van der Waals surface area contributed by atoms with Crippen molar-refractivity contribution in [3.63, 3.8) is 0 Å². The predicted octanol–water partition coefficient (Wildman–Crippen LogP) is 12.2. The van der Waals surface area contributed by atoms with Gasteiger partial charge in [0.25, 0.3) is 0 Å². The van der Waals surface area contributed by atoms with E-state index in [0.717, 1.165) is 49.5 Å². The third-order valence-electron chi connectivity index (χ3n) is 13.2. The first-order valence-corrected chi connectivity index (χ1v) is 22.0. The third kappa shape index (κ3) is 4.15. The Morgan fingerprint density at radius 1 is 0.373 bits per heavy atom. The molecule has 4 heteroatoms. The van der Waals surface area contributed by atoms with Gasteiger partial charge < -0.3 is 13.7 Å². The second kappa shape index (κ2) is 11.9. The first-order valence-electron chi connectivity index (χ1n) is 20.3. The van der Waals surface area contributed by atoms with Crippen LogP contribution < -0.4 is 15.9 Å². The molecule has 0 saturated heterocycles. The fourth-order valence-corrected chi connectivity index (χ4v) is 14.0. The molecule has 59 heavy (non-hydrogen) atoms. The van der Waals surface area contributed by atoms with Gasteiger partial charge in [-0.05, 0) is 81.9 Å². The van der Waals surface area contributed by atoms with Gasteiger partial charge in [-0.2, -0.15) is 0 Å². The Kier molecular flexibility index (Phi) is 6.64. The fourth-order valence-electron chi connectivity index (χ4n) is 10.8. The van der Waals surface area contributed by atoms with E-state index in [1.54, 1.807) is 0 Å². The van der Waals surface area contributed by atoms with E-state index in [0.29, 0.717) is 0 Å². The van der Waals surface area contributed by atoms with E-state index < -0.39 is 12.6 Å². The Labute approximate surface area is 341 Å². The Hall–Kier alpha value is -7.19. The molecular weight excluding hydrogens is 736 g/mol. The van der Waals surface area contributed by atoms with Crippen LogP contribution in [0.2, 0.25) is 0 Å². The Morgan fingerprint density at radius 3 is 1.63 bits per heavy atom. The van der Waals surface area contributed by atoms with Gasteiger partial charge in [0.05, 0.1) is 33.2 Å². The van der Waals surface area contributed by atoms with Crippen molar-refractivity contribution in [3.05, 3.63) is 235 Å². The van der Waals surface area contributed by atoms with Gasteiger partial charge in [0.1, 0.15) is 0 Å². The van der Waals surface area contributed by atoms with Crippen molar-refractivity contribution in [1.29, 1.82) is 0 Å². The number of hydrogen-bond acceptors (Lipinski definition) is 1. The summed E-state index contributed by atoms with van der Waals surface area (Å²) in [6.45, 7) is 0. The lowest BCUT2D eigenvalue weighted by Gasteiger charge is -2.47. The highest BCUT2D eigenvalue weighted by Gasteiger charge is 2.54. The predicted molar refractivity (Wildman–Crippen MR) is 245 cm³/mol. The molecule has 2 aliphatic heterocycles. The van der Waals surface area contributed by atoms with Crippen LogP contribution in [0.3, 0.4) is 0 Å². The molecule has 2 aromatic heterocycles. The quantitative estimate of drug-likeness (QED) is 0.164. The molecule has 0 radical (unpaired) electrons. The van der Waals surface area contributed by atoms with Crippen LogP contribution in [-0.2, 0) is 9.98 Å². The maximum atomic E-state index is 16.5. The number of para-hydroxylation sites is 5. The number of hydrogen-bond donors (Lipinski definition) is 0. The zero-order chi connectivity index (χ0) is 38.9. The van der Waals surface area contributed by atoms with Crippen molar-refractivity contribution in [2.45, 2.75) is 5.41 Å². The number of aromatic nitrogens is 2. The van der Waals surface area contributed by atoms with Crippen LogP contribution in [0.25, 0.3) is 66.1 Å². The molecule has 0 saturated carbocycles. The van der Waals surface area contributed by atoms with Gasteiger partial charge in [0.2, 0.25) is 0 Å². The zero-order valence-corrected chi connectivity index (χ0v) is 32.9. The first kappa shape index (κ1) is 32.8. The smallest absolute Gasteiger partial charge is 0.171 e. The molecule has 9 aromatic carbocycles. The highest BCUT2D eigenvalue weighted by molar-refractivity contribution is 7.85. The van der Waals surface area contributed by atoms with Crippen molar-refractivity contribution in [1.82, 2.24) is 9.13 Å². The number of fused-ring (bicyclic) bond motifs is 14. The maximum Gasteiger partial charge on any atom is 0.171 e. The molecule has 2 unspecified atom stereocenters. The molecule has 2 atom stereocenters. The normalized spacial score (nSPS) is 17.7. The summed E-state index contributed by atoms with van der Waals surface area (Å²) in [5.74, 6) is 0. The summed E-state index contributed by atoms with van der Waals surface area (Å²) in [5, 5.41) is 7.59. The van der Waals surface area contributed by atoms with Crippen molar-refractivity contribution < 1.29 is 4.57 Å². The first-order chi connectivity index (χ1) is 29.2. The van der Waals surface area contributed by atoms with Gasteiger partial charge in [-0.3, -0.25) is 0 Å². The van der Waals surface area contributed by atoms with Crippen LogP contribution in [0, 0.1) is 0 Å². The van der Waals surface area contributed by atoms with Crippen molar-refractivity contribution in [2.75, 3.05) is 0 Å². The molecule has 3 nitrogen and oxygen atoms in total.